The average molecular weight is 394 g/mol. The van der Waals surface area contributed by atoms with Crippen molar-refractivity contribution >= 4 is 11.7 Å². The molecule has 1 N–H and O–H groups in total. The standard InChI is InChI=1S/C20H21F3N2O3/c21-20(22,23)15-4-3-5-16(14-15)25-10-8-24(9-11-25)12-13-28-19(27)17-6-1-2-7-18(17)26/h1-7,14,26H,8-13H2. The number of carbonyl (C=O) groups is 1. The van der Waals surface area contributed by atoms with Crippen LogP contribution in [0.25, 0.3) is 0 Å². The van der Waals surface area contributed by atoms with E-state index in [1.807, 2.05) is 4.90 Å². The Morgan fingerprint density at radius 3 is 2.43 bits per heavy atom. The second kappa shape index (κ2) is 8.52. The van der Waals surface area contributed by atoms with Crippen molar-refractivity contribution in [3.05, 3.63) is 59.7 Å². The molecule has 0 spiro atoms. The maximum Gasteiger partial charge on any atom is 0.416 e. The molecular formula is C20H21F3N2O3. The van der Waals surface area contributed by atoms with Crippen LogP contribution in [0.5, 0.6) is 5.75 Å². The first-order chi connectivity index (χ1) is 13.3. The topological polar surface area (TPSA) is 53.0 Å². The fourth-order valence-electron chi connectivity index (χ4n) is 3.10. The number of hydrogen-bond donors (Lipinski definition) is 1. The number of carbonyl (C=O) groups excluding carboxylic acids is 1. The molecule has 0 amide bonds. The Morgan fingerprint density at radius 2 is 1.75 bits per heavy atom. The molecule has 150 valence electrons. The largest absolute Gasteiger partial charge is 0.507 e. The van der Waals surface area contributed by atoms with Gasteiger partial charge < -0.3 is 14.7 Å². The smallest absolute Gasteiger partial charge is 0.416 e. The zero-order valence-corrected chi connectivity index (χ0v) is 15.2. The van der Waals surface area contributed by atoms with Crippen molar-refractivity contribution in [2.75, 3.05) is 44.2 Å². The minimum absolute atomic E-state index is 0.122. The van der Waals surface area contributed by atoms with Gasteiger partial charge in [0.15, 0.2) is 0 Å². The number of alkyl halides is 3. The third-order valence-electron chi connectivity index (χ3n) is 4.68. The molecule has 28 heavy (non-hydrogen) atoms. The summed E-state index contributed by atoms with van der Waals surface area (Å²) in [6.45, 7) is 3.20. The van der Waals surface area contributed by atoms with Crippen molar-refractivity contribution in [2.24, 2.45) is 0 Å². The van der Waals surface area contributed by atoms with Gasteiger partial charge in [0, 0.05) is 38.4 Å². The Hall–Kier alpha value is -2.74. The fraction of sp³-hybridized carbons (Fsp3) is 0.350. The fourth-order valence-corrected chi connectivity index (χ4v) is 3.10. The summed E-state index contributed by atoms with van der Waals surface area (Å²) in [6.07, 6.45) is -4.35. The third kappa shape index (κ3) is 4.95. The molecule has 1 aliphatic rings. The predicted molar refractivity (Wildman–Crippen MR) is 98.5 cm³/mol. The Morgan fingerprint density at radius 1 is 1.04 bits per heavy atom. The normalized spacial score (nSPS) is 15.5. The van der Waals surface area contributed by atoms with Gasteiger partial charge >= 0.3 is 12.1 Å². The number of phenolic OH excluding ortho intramolecular Hbond substituents is 1. The van der Waals surface area contributed by atoms with Crippen molar-refractivity contribution < 1.29 is 27.8 Å². The van der Waals surface area contributed by atoms with Gasteiger partial charge in [-0.2, -0.15) is 13.2 Å². The second-order valence-electron chi connectivity index (χ2n) is 6.53. The summed E-state index contributed by atoms with van der Waals surface area (Å²) in [5.41, 5.74) is 0.0285. The SMILES string of the molecule is O=C(OCCN1CCN(c2cccc(C(F)(F)F)c2)CC1)c1ccccc1O. The molecule has 8 heteroatoms. The van der Waals surface area contributed by atoms with Crippen LogP contribution in [0, 0.1) is 0 Å². The predicted octanol–water partition coefficient (Wildman–Crippen LogP) is 3.39. The number of hydrogen-bond acceptors (Lipinski definition) is 5. The summed E-state index contributed by atoms with van der Waals surface area (Å²) in [5.74, 6) is -0.706. The Balaban J connectivity index is 1.46. The Labute approximate surface area is 160 Å². The van der Waals surface area contributed by atoms with Gasteiger partial charge in [0.25, 0.3) is 0 Å². The van der Waals surface area contributed by atoms with E-state index in [9.17, 15) is 23.1 Å². The van der Waals surface area contributed by atoms with Crippen LogP contribution >= 0.6 is 0 Å². The number of esters is 1. The van der Waals surface area contributed by atoms with Crippen molar-refractivity contribution in [3.63, 3.8) is 0 Å². The van der Waals surface area contributed by atoms with Crippen LogP contribution in [0.4, 0.5) is 18.9 Å². The lowest BCUT2D eigenvalue weighted by atomic mass is 10.1. The van der Waals surface area contributed by atoms with E-state index in [0.29, 0.717) is 38.4 Å². The van der Waals surface area contributed by atoms with E-state index < -0.39 is 17.7 Å². The minimum atomic E-state index is -4.35. The number of phenols is 1. The molecule has 1 saturated heterocycles. The zero-order valence-electron chi connectivity index (χ0n) is 15.2. The van der Waals surface area contributed by atoms with Gasteiger partial charge in [-0.15, -0.1) is 0 Å². The van der Waals surface area contributed by atoms with Crippen molar-refractivity contribution in [1.82, 2.24) is 4.90 Å². The molecule has 0 bridgehead atoms. The number of benzene rings is 2. The van der Waals surface area contributed by atoms with Gasteiger partial charge in [-0.1, -0.05) is 18.2 Å². The lowest BCUT2D eigenvalue weighted by Gasteiger charge is -2.36. The summed E-state index contributed by atoms with van der Waals surface area (Å²) < 4.78 is 43.8. The number of nitrogens with zero attached hydrogens (tertiary/aromatic N) is 2. The highest BCUT2D eigenvalue weighted by Crippen LogP contribution is 2.31. The highest BCUT2D eigenvalue weighted by molar-refractivity contribution is 5.92. The van der Waals surface area contributed by atoms with Crippen LogP contribution < -0.4 is 4.90 Å². The summed E-state index contributed by atoms with van der Waals surface area (Å²) in [4.78, 5) is 16.0. The highest BCUT2D eigenvalue weighted by Gasteiger charge is 2.31. The maximum atomic E-state index is 12.9. The minimum Gasteiger partial charge on any atom is -0.507 e. The molecule has 0 radical (unpaired) electrons. The van der Waals surface area contributed by atoms with Gasteiger partial charge in [0.1, 0.15) is 17.9 Å². The maximum absolute atomic E-state index is 12.9. The lowest BCUT2D eigenvalue weighted by molar-refractivity contribution is -0.137. The van der Waals surface area contributed by atoms with Gasteiger partial charge in [-0.3, -0.25) is 4.90 Å². The number of halogens is 3. The molecule has 0 atom stereocenters. The number of rotatable bonds is 5. The third-order valence-corrected chi connectivity index (χ3v) is 4.68. The number of piperazine rings is 1. The van der Waals surface area contributed by atoms with Gasteiger partial charge in [-0.25, -0.2) is 4.79 Å². The van der Waals surface area contributed by atoms with Crippen LogP contribution in [0.1, 0.15) is 15.9 Å². The molecule has 0 saturated carbocycles. The molecule has 0 unspecified atom stereocenters. The summed E-state index contributed by atoms with van der Waals surface area (Å²) in [6, 6.07) is 11.5. The molecule has 2 aromatic rings. The average Bonchev–Trinajstić information content (AvgIpc) is 2.68. The molecule has 1 heterocycles. The molecule has 5 nitrogen and oxygen atoms in total. The molecule has 2 aromatic carbocycles. The number of aromatic hydroxyl groups is 1. The van der Waals surface area contributed by atoms with Crippen molar-refractivity contribution in [3.8, 4) is 5.75 Å². The number of ether oxygens (including phenoxy) is 1. The number of anilines is 1. The van der Waals surface area contributed by atoms with Gasteiger partial charge in [-0.05, 0) is 30.3 Å². The molecule has 3 rings (SSSR count). The second-order valence-corrected chi connectivity index (χ2v) is 6.53. The van der Waals surface area contributed by atoms with E-state index in [0.717, 1.165) is 6.07 Å². The quantitative estimate of drug-likeness (QED) is 0.788. The first-order valence-electron chi connectivity index (χ1n) is 8.94. The molecule has 1 fully saturated rings. The van der Waals surface area contributed by atoms with Crippen LogP contribution in [0.15, 0.2) is 48.5 Å². The zero-order chi connectivity index (χ0) is 20.1. The molecular weight excluding hydrogens is 373 g/mol. The van der Waals surface area contributed by atoms with Crippen LogP contribution in [0.3, 0.4) is 0 Å². The van der Waals surface area contributed by atoms with Crippen LogP contribution in [0.2, 0.25) is 0 Å². The summed E-state index contributed by atoms with van der Waals surface area (Å²) >= 11 is 0. The van der Waals surface area contributed by atoms with E-state index in [2.05, 4.69) is 4.90 Å². The van der Waals surface area contributed by atoms with E-state index in [1.165, 1.54) is 24.3 Å². The molecule has 0 aliphatic carbocycles. The summed E-state index contributed by atoms with van der Waals surface area (Å²) in [7, 11) is 0. The Kier molecular flexibility index (Phi) is 6.08. The van der Waals surface area contributed by atoms with E-state index in [-0.39, 0.29) is 17.9 Å². The molecule has 1 aliphatic heterocycles. The van der Waals surface area contributed by atoms with E-state index in [1.54, 1.807) is 18.2 Å². The molecule has 0 aromatic heterocycles. The first kappa shape index (κ1) is 20.0. The van der Waals surface area contributed by atoms with Crippen molar-refractivity contribution in [1.29, 1.82) is 0 Å². The van der Waals surface area contributed by atoms with Crippen molar-refractivity contribution in [2.45, 2.75) is 6.18 Å². The first-order valence-corrected chi connectivity index (χ1v) is 8.94. The van der Waals surface area contributed by atoms with E-state index in [4.69, 9.17) is 4.74 Å². The number of para-hydroxylation sites is 1. The van der Waals surface area contributed by atoms with E-state index >= 15 is 0 Å². The Bertz CT molecular complexity index is 818. The van der Waals surface area contributed by atoms with Crippen LogP contribution in [-0.4, -0.2) is 55.3 Å². The monoisotopic (exact) mass is 394 g/mol. The summed E-state index contributed by atoms with van der Waals surface area (Å²) in [5, 5.41) is 9.65. The van der Waals surface area contributed by atoms with Crippen LogP contribution in [-0.2, 0) is 10.9 Å². The van der Waals surface area contributed by atoms with Gasteiger partial charge in [0.2, 0.25) is 0 Å². The van der Waals surface area contributed by atoms with Gasteiger partial charge in [0.05, 0.1) is 5.56 Å². The lowest BCUT2D eigenvalue weighted by Crippen LogP contribution is -2.47. The highest BCUT2D eigenvalue weighted by atomic mass is 19.4.